The Kier molecular flexibility index (Phi) is 3.85. The molecular weight excluding hydrogens is 246 g/mol. The molecule has 3 nitrogen and oxygen atoms in total. The zero-order valence-electron chi connectivity index (χ0n) is 10.8. The quantitative estimate of drug-likeness (QED) is 0.877. The predicted molar refractivity (Wildman–Crippen MR) is 75.4 cm³/mol. The van der Waals surface area contributed by atoms with Crippen LogP contribution in [0.4, 0.5) is 5.69 Å². The lowest BCUT2D eigenvalue weighted by Crippen LogP contribution is -2.20. The topological polar surface area (TPSA) is 49.3 Å². The Labute approximate surface area is 112 Å². The van der Waals surface area contributed by atoms with Crippen molar-refractivity contribution in [3.8, 4) is 0 Å². The fraction of sp³-hybridized carbons (Fsp3) is 0.500. The van der Waals surface area contributed by atoms with Gasteiger partial charge in [0.05, 0.1) is 6.42 Å². The highest BCUT2D eigenvalue weighted by Gasteiger charge is 2.22. The van der Waals surface area contributed by atoms with E-state index in [0.29, 0.717) is 0 Å². The third-order valence-corrected chi connectivity index (χ3v) is 4.09. The molecule has 1 heterocycles. The van der Waals surface area contributed by atoms with E-state index >= 15 is 0 Å². The molecule has 0 bridgehead atoms. The van der Waals surface area contributed by atoms with E-state index in [0.717, 1.165) is 18.7 Å². The molecule has 1 aliphatic rings. The van der Waals surface area contributed by atoms with Crippen molar-refractivity contribution in [1.82, 2.24) is 0 Å². The summed E-state index contributed by atoms with van der Waals surface area (Å²) in [6.07, 6.45) is 1.00. The minimum Gasteiger partial charge on any atom is -0.481 e. The highest BCUT2D eigenvalue weighted by atomic mass is 32.2. The van der Waals surface area contributed by atoms with E-state index in [1.165, 1.54) is 16.1 Å². The summed E-state index contributed by atoms with van der Waals surface area (Å²) in [6.45, 7) is 5.03. The molecule has 1 aromatic carbocycles. The van der Waals surface area contributed by atoms with Gasteiger partial charge in [0.15, 0.2) is 0 Å². The first-order chi connectivity index (χ1) is 8.46. The average molecular weight is 265 g/mol. The number of hydrogen-bond donors (Lipinski definition) is 2. The molecule has 0 aromatic heterocycles. The molecule has 0 spiro atoms. The van der Waals surface area contributed by atoms with E-state index in [1.54, 1.807) is 0 Å². The van der Waals surface area contributed by atoms with E-state index in [-0.39, 0.29) is 11.8 Å². The molecule has 0 saturated heterocycles. The van der Waals surface area contributed by atoms with Crippen molar-refractivity contribution in [2.45, 2.75) is 31.6 Å². The maximum absolute atomic E-state index is 10.8. The van der Waals surface area contributed by atoms with Crippen molar-refractivity contribution in [2.75, 3.05) is 17.6 Å². The third kappa shape index (κ3) is 3.42. The Morgan fingerprint density at radius 3 is 3.00 bits per heavy atom. The highest BCUT2D eigenvalue weighted by molar-refractivity contribution is 7.99. The van der Waals surface area contributed by atoms with Crippen LogP contribution in [0, 0.1) is 5.41 Å². The maximum atomic E-state index is 10.8. The fourth-order valence-electron chi connectivity index (χ4n) is 2.31. The molecule has 0 atom stereocenters. The van der Waals surface area contributed by atoms with Crippen LogP contribution in [0.5, 0.6) is 0 Å². The number of rotatable bonds is 4. The van der Waals surface area contributed by atoms with Gasteiger partial charge < -0.3 is 10.4 Å². The van der Waals surface area contributed by atoms with Gasteiger partial charge in [0.1, 0.15) is 0 Å². The Bertz CT molecular complexity index is 457. The summed E-state index contributed by atoms with van der Waals surface area (Å²) in [7, 11) is 0. The second-order valence-corrected chi connectivity index (χ2v) is 6.65. The van der Waals surface area contributed by atoms with Gasteiger partial charge in [-0.3, -0.25) is 4.79 Å². The van der Waals surface area contributed by atoms with Crippen LogP contribution in [0.3, 0.4) is 0 Å². The summed E-state index contributed by atoms with van der Waals surface area (Å²) in [5.41, 5.74) is 2.22. The number of hydrogen-bond acceptors (Lipinski definition) is 3. The lowest BCUT2D eigenvalue weighted by Gasteiger charge is -2.24. The van der Waals surface area contributed by atoms with E-state index in [1.807, 2.05) is 25.6 Å². The number of fused-ring (bicyclic) bond motifs is 1. The number of benzene rings is 1. The second-order valence-electron chi connectivity index (χ2n) is 5.52. The molecule has 0 amide bonds. The Morgan fingerprint density at radius 2 is 2.28 bits per heavy atom. The smallest absolute Gasteiger partial charge is 0.303 e. The summed E-state index contributed by atoms with van der Waals surface area (Å²) in [5, 5.41) is 12.3. The first-order valence-corrected chi connectivity index (χ1v) is 7.16. The monoisotopic (exact) mass is 265 g/mol. The molecule has 0 aliphatic carbocycles. The second kappa shape index (κ2) is 5.22. The van der Waals surface area contributed by atoms with Crippen LogP contribution < -0.4 is 5.32 Å². The lowest BCUT2D eigenvalue weighted by molar-refractivity contribution is -0.139. The van der Waals surface area contributed by atoms with Crippen molar-refractivity contribution in [2.24, 2.45) is 5.41 Å². The number of nitrogens with one attached hydrogen (secondary N) is 1. The summed E-state index contributed by atoms with van der Waals surface area (Å²) in [5.74, 6) is 0.364. The summed E-state index contributed by atoms with van der Waals surface area (Å²) < 4.78 is 0. The van der Waals surface area contributed by atoms with Crippen LogP contribution in [-0.4, -0.2) is 23.4 Å². The zero-order chi connectivity index (χ0) is 13.2. The summed E-state index contributed by atoms with van der Waals surface area (Å²) in [4.78, 5) is 12.1. The molecule has 4 heteroatoms. The van der Waals surface area contributed by atoms with Crippen LogP contribution in [-0.2, 0) is 11.2 Å². The van der Waals surface area contributed by atoms with Gasteiger partial charge in [0, 0.05) is 22.9 Å². The molecule has 2 N–H and O–H groups in total. The van der Waals surface area contributed by atoms with Crippen molar-refractivity contribution < 1.29 is 9.90 Å². The van der Waals surface area contributed by atoms with Gasteiger partial charge in [-0.15, -0.1) is 11.8 Å². The first kappa shape index (κ1) is 13.3. The number of carboxylic acids is 1. The normalized spacial score (nSPS) is 14.8. The number of carbonyl (C=O) groups is 1. The van der Waals surface area contributed by atoms with Gasteiger partial charge in [-0.1, -0.05) is 19.9 Å². The predicted octanol–water partition coefficient (Wildman–Crippen LogP) is 3.25. The van der Waals surface area contributed by atoms with Gasteiger partial charge in [0.25, 0.3) is 0 Å². The number of aliphatic carboxylic acids is 1. The zero-order valence-corrected chi connectivity index (χ0v) is 11.6. The van der Waals surface area contributed by atoms with E-state index in [2.05, 4.69) is 23.5 Å². The molecule has 0 unspecified atom stereocenters. The molecule has 0 fully saturated rings. The number of thioether (sulfide) groups is 1. The van der Waals surface area contributed by atoms with Crippen LogP contribution in [0.2, 0.25) is 0 Å². The molecule has 1 aromatic rings. The molecule has 18 heavy (non-hydrogen) atoms. The lowest BCUT2D eigenvalue weighted by atomic mass is 9.83. The van der Waals surface area contributed by atoms with Crippen LogP contribution >= 0.6 is 11.8 Å². The first-order valence-electron chi connectivity index (χ1n) is 6.18. The molecule has 0 radical (unpaired) electrons. The van der Waals surface area contributed by atoms with Crippen molar-refractivity contribution in [3.63, 3.8) is 0 Å². The SMILES string of the molecule is CC(C)(CC(=O)O)Cc1ccc2c(c1)SCCN2. The molecule has 1 aliphatic heterocycles. The highest BCUT2D eigenvalue weighted by Crippen LogP contribution is 2.34. The van der Waals surface area contributed by atoms with E-state index < -0.39 is 5.97 Å². The van der Waals surface area contributed by atoms with E-state index in [9.17, 15) is 4.79 Å². The van der Waals surface area contributed by atoms with Gasteiger partial charge in [-0.05, 0) is 29.5 Å². The summed E-state index contributed by atoms with van der Waals surface area (Å²) >= 11 is 1.86. The summed E-state index contributed by atoms with van der Waals surface area (Å²) in [6, 6.07) is 6.39. The number of carboxylic acid groups (broad SMARTS) is 1. The van der Waals surface area contributed by atoms with Crippen LogP contribution in [0.25, 0.3) is 0 Å². The van der Waals surface area contributed by atoms with Gasteiger partial charge in [0.2, 0.25) is 0 Å². The Balaban J connectivity index is 2.12. The van der Waals surface area contributed by atoms with E-state index in [4.69, 9.17) is 5.11 Å². The van der Waals surface area contributed by atoms with Gasteiger partial charge in [-0.25, -0.2) is 0 Å². The average Bonchev–Trinajstić information content (AvgIpc) is 2.26. The van der Waals surface area contributed by atoms with Crippen LogP contribution in [0.15, 0.2) is 23.1 Å². The van der Waals surface area contributed by atoms with Crippen LogP contribution in [0.1, 0.15) is 25.8 Å². The largest absolute Gasteiger partial charge is 0.481 e. The van der Waals surface area contributed by atoms with Crippen molar-refractivity contribution in [1.29, 1.82) is 0 Å². The molecule has 2 rings (SSSR count). The Morgan fingerprint density at radius 1 is 1.50 bits per heavy atom. The molecule has 0 saturated carbocycles. The standard InChI is InChI=1S/C14H19NO2S/c1-14(2,9-13(16)17)8-10-3-4-11-12(7-10)18-6-5-15-11/h3-4,7,15H,5-6,8-9H2,1-2H3,(H,16,17). The maximum Gasteiger partial charge on any atom is 0.303 e. The Hall–Kier alpha value is -1.16. The van der Waals surface area contributed by atoms with Gasteiger partial charge in [-0.2, -0.15) is 0 Å². The number of anilines is 1. The molecule has 98 valence electrons. The van der Waals surface area contributed by atoms with Gasteiger partial charge >= 0.3 is 5.97 Å². The van der Waals surface area contributed by atoms with Crippen molar-refractivity contribution in [3.05, 3.63) is 23.8 Å². The molecular formula is C14H19NO2S. The third-order valence-electron chi connectivity index (χ3n) is 3.03. The van der Waals surface area contributed by atoms with Crippen molar-refractivity contribution >= 4 is 23.4 Å². The minimum atomic E-state index is -0.728. The minimum absolute atomic E-state index is 0.202. The fourth-order valence-corrected chi connectivity index (χ4v) is 3.27.